The smallest absolute Gasteiger partial charge is 0.223 e. The summed E-state index contributed by atoms with van der Waals surface area (Å²) >= 11 is 6.04. The first-order chi connectivity index (χ1) is 9.70. The number of hydrogen-bond donors (Lipinski definition) is 1. The van der Waals surface area contributed by atoms with Crippen LogP contribution in [0.1, 0.15) is 24.0 Å². The number of nitrogens with one attached hydrogen (secondary N) is 1. The lowest BCUT2D eigenvalue weighted by Crippen LogP contribution is -2.35. The minimum Gasteiger partial charge on any atom is -0.383 e. The minimum atomic E-state index is -0.0348. The van der Waals surface area contributed by atoms with Crippen molar-refractivity contribution in [3.05, 3.63) is 35.4 Å². The molecule has 0 spiro atoms. The average molecular weight is 296 g/mol. The van der Waals surface area contributed by atoms with E-state index in [1.54, 1.807) is 7.11 Å². The number of amides is 1. The molecule has 2 rings (SSSR count). The molecule has 4 heteroatoms. The molecule has 0 heterocycles. The number of hydrogen-bond acceptors (Lipinski definition) is 2. The fourth-order valence-corrected chi connectivity index (χ4v) is 2.92. The van der Waals surface area contributed by atoms with Gasteiger partial charge in [-0.1, -0.05) is 24.3 Å². The van der Waals surface area contributed by atoms with Crippen LogP contribution in [0.15, 0.2) is 24.3 Å². The Hall–Kier alpha value is -1.06. The molecule has 3 nitrogen and oxygen atoms in total. The number of rotatable bonds is 6. The van der Waals surface area contributed by atoms with E-state index in [1.807, 2.05) is 6.07 Å². The number of carbonyl (C=O) groups excluding carboxylic acids is 1. The molecule has 1 aliphatic rings. The van der Waals surface area contributed by atoms with Gasteiger partial charge in [0.25, 0.3) is 0 Å². The molecule has 1 aromatic rings. The molecule has 0 aliphatic heterocycles. The molecule has 2 atom stereocenters. The van der Waals surface area contributed by atoms with Gasteiger partial charge in [-0.2, -0.15) is 0 Å². The Morgan fingerprint density at radius 1 is 1.45 bits per heavy atom. The van der Waals surface area contributed by atoms with Crippen LogP contribution in [0.2, 0.25) is 0 Å². The number of ether oxygens (including phenoxy) is 1. The van der Waals surface area contributed by atoms with Crippen LogP contribution >= 0.6 is 11.6 Å². The molecule has 110 valence electrons. The molecular formula is C16H22ClNO2. The monoisotopic (exact) mass is 295 g/mol. The molecule has 2 unspecified atom stereocenters. The molecule has 1 amide bonds. The number of fused-ring (bicyclic) bond motifs is 1. The van der Waals surface area contributed by atoms with Crippen molar-refractivity contribution in [2.24, 2.45) is 5.92 Å². The second-order valence-electron chi connectivity index (χ2n) is 5.34. The molecule has 20 heavy (non-hydrogen) atoms. The van der Waals surface area contributed by atoms with Gasteiger partial charge in [0.05, 0.1) is 12.0 Å². The first kappa shape index (κ1) is 15.3. The fraction of sp³-hybridized carbons (Fsp3) is 0.562. The van der Waals surface area contributed by atoms with Crippen LogP contribution in [0.3, 0.4) is 0 Å². The second-order valence-corrected chi connectivity index (χ2v) is 5.96. The number of alkyl halides is 1. The molecule has 0 radical (unpaired) electrons. The number of benzene rings is 1. The highest BCUT2D eigenvalue weighted by Gasteiger charge is 2.24. The lowest BCUT2D eigenvalue weighted by molar-refractivity contribution is -0.125. The number of halogens is 1. The lowest BCUT2D eigenvalue weighted by atomic mass is 9.83. The van der Waals surface area contributed by atoms with E-state index in [4.69, 9.17) is 16.3 Å². The van der Waals surface area contributed by atoms with Crippen LogP contribution in [0.5, 0.6) is 0 Å². The predicted molar refractivity (Wildman–Crippen MR) is 81.1 cm³/mol. The van der Waals surface area contributed by atoms with Crippen molar-refractivity contribution in [2.75, 3.05) is 20.3 Å². The van der Waals surface area contributed by atoms with E-state index in [1.165, 1.54) is 11.1 Å². The van der Waals surface area contributed by atoms with Gasteiger partial charge in [0.1, 0.15) is 0 Å². The van der Waals surface area contributed by atoms with Crippen molar-refractivity contribution in [2.45, 2.75) is 31.1 Å². The van der Waals surface area contributed by atoms with Crippen LogP contribution < -0.4 is 5.32 Å². The summed E-state index contributed by atoms with van der Waals surface area (Å²) in [5.41, 5.74) is 2.70. The quantitative estimate of drug-likeness (QED) is 0.819. The van der Waals surface area contributed by atoms with Gasteiger partial charge >= 0.3 is 0 Å². The highest BCUT2D eigenvalue weighted by Crippen LogP contribution is 2.25. The summed E-state index contributed by atoms with van der Waals surface area (Å²) < 4.78 is 4.97. The maximum absolute atomic E-state index is 12.2. The van der Waals surface area contributed by atoms with Gasteiger partial charge in [0.2, 0.25) is 5.91 Å². The van der Waals surface area contributed by atoms with Gasteiger partial charge in [-0.3, -0.25) is 4.79 Å². The summed E-state index contributed by atoms with van der Waals surface area (Å²) in [6.45, 7) is 1.14. The topological polar surface area (TPSA) is 38.3 Å². The Bertz CT molecular complexity index is 450. The summed E-state index contributed by atoms with van der Waals surface area (Å²) in [5, 5.41) is 2.96. The SMILES string of the molecule is COCC(Cl)CCNC(=O)C1CCc2ccccc2C1. The third-order valence-electron chi connectivity index (χ3n) is 3.82. The third-order valence-corrected chi connectivity index (χ3v) is 4.17. The van der Waals surface area contributed by atoms with E-state index < -0.39 is 0 Å². The summed E-state index contributed by atoms with van der Waals surface area (Å²) in [7, 11) is 1.63. The van der Waals surface area contributed by atoms with Gasteiger partial charge in [-0.15, -0.1) is 11.6 Å². The zero-order valence-electron chi connectivity index (χ0n) is 11.9. The Balaban J connectivity index is 1.77. The predicted octanol–water partition coefficient (Wildman–Crippen LogP) is 2.55. The standard InChI is InChI=1S/C16H22ClNO2/c1-20-11-15(17)8-9-18-16(19)14-7-6-12-4-2-3-5-13(12)10-14/h2-5,14-15H,6-11H2,1H3,(H,18,19). The summed E-state index contributed by atoms with van der Waals surface area (Å²) in [6.07, 6.45) is 3.52. The van der Waals surface area contributed by atoms with Crippen LogP contribution in [0, 0.1) is 5.92 Å². The molecule has 1 aliphatic carbocycles. The van der Waals surface area contributed by atoms with Gasteiger partial charge in [0.15, 0.2) is 0 Å². The molecule has 0 saturated heterocycles. The highest BCUT2D eigenvalue weighted by molar-refractivity contribution is 6.20. The van der Waals surface area contributed by atoms with Crippen molar-refractivity contribution in [3.8, 4) is 0 Å². The molecule has 1 N–H and O–H groups in total. The van der Waals surface area contributed by atoms with E-state index in [0.29, 0.717) is 13.2 Å². The number of carbonyl (C=O) groups is 1. The van der Waals surface area contributed by atoms with Crippen LogP contribution in [-0.4, -0.2) is 31.5 Å². The van der Waals surface area contributed by atoms with E-state index >= 15 is 0 Å². The van der Waals surface area contributed by atoms with Crippen LogP contribution in [-0.2, 0) is 22.4 Å². The summed E-state index contributed by atoms with van der Waals surface area (Å²) in [4.78, 5) is 12.2. The molecular weight excluding hydrogens is 274 g/mol. The first-order valence-electron chi connectivity index (χ1n) is 7.18. The van der Waals surface area contributed by atoms with E-state index in [-0.39, 0.29) is 17.2 Å². The van der Waals surface area contributed by atoms with Gasteiger partial charge in [-0.05, 0) is 36.8 Å². The minimum absolute atomic E-state index is 0.0348. The zero-order valence-corrected chi connectivity index (χ0v) is 12.7. The Labute approximate surface area is 125 Å². The zero-order chi connectivity index (χ0) is 14.4. The van der Waals surface area contributed by atoms with Crippen molar-refractivity contribution in [1.82, 2.24) is 5.32 Å². The van der Waals surface area contributed by atoms with Gasteiger partial charge in [0, 0.05) is 19.6 Å². The van der Waals surface area contributed by atoms with Gasteiger partial charge < -0.3 is 10.1 Å². The van der Waals surface area contributed by atoms with Gasteiger partial charge in [-0.25, -0.2) is 0 Å². The average Bonchev–Trinajstić information content (AvgIpc) is 2.47. The van der Waals surface area contributed by atoms with E-state index in [0.717, 1.165) is 25.7 Å². The maximum Gasteiger partial charge on any atom is 0.223 e. The first-order valence-corrected chi connectivity index (χ1v) is 7.62. The number of aryl methyl sites for hydroxylation is 1. The maximum atomic E-state index is 12.2. The second kappa shape index (κ2) is 7.65. The van der Waals surface area contributed by atoms with Crippen LogP contribution in [0.4, 0.5) is 0 Å². The van der Waals surface area contributed by atoms with Crippen molar-refractivity contribution in [1.29, 1.82) is 0 Å². The fourth-order valence-electron chi connectivity index (χ4n) is 2.68. The molecule has 0 aromatic heterocycles. The normalized spacial score (nSPS) is 19.2. The molecule has 0 bridgehead atoms. The molecule has 0 saturated carbocycles. The Kier molecular flexibility index (Phi) is 5.86. The van der Waals surface area contributed by atoms with E-state index in [9.17, 15) is 4.79 Å². The van der Waals surface area contributed by atoms with Crippen molar-refractivity contribution in [3.63, 3.8) is 0 Å². The molecule has 0 fully saturated rings. The highest BCUT2D eigenvalue weighted by atomic mass is 35.5. The van der Waals surface area contributed by atoms with Crippen LogP contribution in [0.25, 0.3) is 0 Å². The summed E-state index contributed by atoms with van der Waals surface area (Å²) in [6, 6.07) is 8.39. The van der Waals surface area contributed by atoms with Crippen molar-refractivity contribution < 1.29 is 9.53 Å². The summed E-state index contributed by atoms with van der Waals surface area (Å²) in [5.74, 6) is 0.252. The molecule has 1 aromatic carbocycles. The van der Waals surface area contributed by atoms with E-state index in [2.05, 4.69) is 23.5 Å². The van der Waals surface area contributed by atoms with Crippen molar-refractivity contribution >= 4 is 17.5 Å². The third kappa shape index (κ3) is 4.22. The Morgan fingerprint density at radius 2 is 2.20 bits per heavy atom. The number of methoxy groups -OCH3 is 1. The largest absolute Gasteiger partial charge is 0.383 e. The lowest BCUT2D eigenvalue weighted by Gasteiger charge is -2.24. The Morgan fingerprint density at radius 3 is 2.95 bits per heavy atom.